The van der Waals surface area contributed by atoms with Crippen molar-refractivity contribution >= 4 is 43.5 Å². The molecule has 1 amide bonds. The number of halogens is 2. The monoisotopic (exact) mass is 357 g/mol. The van der Waals surface area contributed by atoms with Crippen molar-refractivity contribution < 1.29 is 9.21 Å². The molecule has 0 atom stereocenters. The summed E-state index contributed by atoms with van der Waals surface area (Å²) in [6, 6.07) is 9.27. The Bertz CT molecular complexity index is 537. The van der Waals surface area contributed by atoms with E-state index < -0.39 is 0 Å². The number of carbonyl (C=O) groups excluding carboxylic acids is 1. The second kappa shape index (κ2) is 5.51. The first kappa shape index (κ1) is 12.4. The van der Waals surface area contributed by atoms with Crippen LogP contribution in [0.3, 0.4) is 0 Å². The lowest BCUT2D eigenvalue weighted by Crippen LogP contribution is -2.11. The Balaban J connectivity index is 2.16. The number of carbonyl (C=O) groups is 1. The van der Waals surface area contributed by atoms with Gasteiger partial charge in [0.15, 0.2) is 4.67 Å². The third-order valence-electron chi connectivity index (χ3n) is 2.20. The van der Waals surface area contributed by atoms with E-state index in [9.17, 15) is 4.79 Å². The Labute approximate surface area is 115 Å². The lowest BCUT2D eigenvalue weighted by molar-refractivity contribution is 0.102. The summed E-state index contributed by atoms with van der Waals surface area (Å²) in [5, 5.41) is 3.57. The Morgan fingerprint density at radius 1 is 1.35 bits per heavy atom. The van der Waals surface area contributed by atoms with E-state index in [1.54, 1.807) is 6.07 Å². The second-order valence-electron chi connectivity index (χ2n) is 3.40. The molecule has 2 rings (SSSR count). The number of hydrogen-bond acceptors (Lipinski definition) is 2. The molecule has 0 aliphatic carbocycles. The van der Waals surface area contributed by atoms with Gasteiger partial charge < -0.3 is 9.73 Å². The van der Waals surface area contributed by atoms with Crippen LogP contribution in [0.2, 0.25) is 0 Å². The van der Waals surface area contributed by atoms with Crippen molar-refractivity contribution in [1.29, 1.82) is 0 Å². The molecule has 0 unspecified atom stereocenters. The molecule has 0 fully saturated rings. The highest BCUT2D eigenvalue weighted by Gasteiger charge is 2.12. The molecule has 0 bridgehead atoms. The van der Waals surface area contributed by atoms with E-state index in [0.717, 1.165) is 16.6 Å². The van der Waals surface area contributed by atoms with Crippen LogP contribution in [0.1, 0.15) is 15.9 Å². The summed E-state index contributed by atoms with van der Waals surface area (Å²) < 4.78 is 5.45. The first-order chi connectivity index (χ1) is 8.20. The lowest BCUT2D eigenvalue weighted by atomic mass is 10.2. The van der Waals surface area contributed by atoms with Crippen LogP contribution in [-0.4, -0.2) is 5.91 Å². The number of anilines is 1. The summed E-state index contributed by atoms with van der Waals surface area (Å²) in [6.07, 6.45) is 1.47. The molecule has 0 radical (unpaired) electrons. The molecule has 0 spiro atoms. The van der Waals surface area contributed by atoms with Gasteiger partial charge in [-0.2, -0.15) is 0 Å². The van der Waals surface area contributed by atoms with Crippen LogP contribution in [-0.2, 0) is 5.33 Å². The number of rotatable bonds is 3. The van der Waals surface area contributed by atoms with Crippen LogP contribution in [0.25, 0.3) is 0 Å². The van der Waals surface area contributed by atoms with Gasteiger partial charge in [0, 0.05) is 11.0 Å². The maximum absolute atomic E-state index is 11.9. The highest BCUT2D eigenvalue weighted by atomic mass is 79.9. The number of hydrogen-bond donors (Lipinski definition) is 1. The van der Waals surface area contributed by atoms with Gasteiger partial charge in [0.1, 0.15) is 0 Å². The third-order valence-corrected chi connectivity index (χ3v) is 3.46. The molecule has 0 aliphatic heterocycles. The minimum absolute atomic E-state index is 0.197. The van der Waals surface area contributed by atoms with Crippen molar-refractivity contribution in [1.82, 2.24) is 0 Å². The average molecular weight is 359 g/mol. The van der Waals surface area contributed by atoms with Crippen LogP contribution >= 0.6 is 31.9 Å². The first-order valence-electron chi connectivity index (χ1n) is 4.90. The number of nitrogens with one attached hydrogen (secondary N) is 1. The maximum Gasteiger partial charge on any atom is 0.260 e. The molecule has 1 N–H and O–H groups in total. The van der Waals surface area contributed by atoms with Crippen LogP contribution in [0.4, 0.5) is 5.69 Å². The summed E-state index contributed by atoms with van der Waals surface area (Å²) in [6.45, 7) is 0. The molecule has 1 heterocycles. The Hall–Kier alpha value is -1.07. The first-order valence-corrected chi connectivity index (χ1v) is 6.81. The zero-order chi connectivity index (χ0) is 12.3. The summed E-state index contributed by atoms with van der Waals surface area (Å²) in [5.41, 5.74) is 2.35. The predicted octanol–water partition coefficient (Wildman–Crippen LogP) is 4.19. The minimum Gasteiger partial charge on any atom is -0.457 e. The summed E-state index contributed by atoms with van der Waals surface area (Å²) in [7, 11) is 0. The molecule has 0 saturated heterocycles. The smallest absolute Gasteiger partial charge is 0.260 e. The van der Waals surface area contributed by atoms with Gasteiger partial charge in [0.2, 0.25) is 0 Å². The fraction of sp³-hybridized carbons (Fsp3) is 0.0833. The van der Waals surface area contributed by atoms with Crippen molar-refractivity contribution in [2.45, 2.75) is 5.33 Å². The fourth-order valence-electron chi connectivity index (χ4n) is 1.39. The van der Waals surface area contributed by atoms with E-state index in [2.05, 4.69) is 37.2 Å². The van der Waals surface area contributed by atoms with E-state index in [4.69, 9.17) is 4.42 Å². The number of furan rings is 1. The third kappa shape index (κ3) is 2.98. The summed E-state index contributed by atoms with van der Waals surface area (Å²) in [4.78, 5) is 11.9. The van der Waals surface area contributed by atoms with Crippen LogP contribution in [0, 0.1) is 0 Å². The Kier molecular flexibility index (Phi) is 4.02. The molecule has 17 heavy (non-hydrogen) atoms. The van der Waals surface area contributed by atoms with Crippen molar-refractivity contribution in [3.63, 3.8) is 0 Å². The van der Waals surface area contributed by atoms with Gasteiger partial charge in [-0.05, 0) is 39.7 Å². The zero-order valence-corrected chi connectivity index (χ0v) is 11.9. The SMILES string of the molecule is O=C(Nc1cccc(CBr)c1)c1ccoc1Br. The average Bonchev–Trinajstić information content (AvgIpc) is 2.76. The molecule has 1 aromatic heterocycles. The molecular formula is C12H9Br2NO2. The Morgan fingerprint density at radius 3 is 2.82 bits per heavy atom. The van der Waals surface area contributed by atoms with Gasteiger partial charge in [-0.15, -0.1) is 0 Å². The molecule has 1 aromatic carbocycles. The zero-order valence-electron chi connectivity index (χ0n) is 8.74. The van der Waals surface area contributed by atoms with Crippen LogP contribution < -0.4 is 5.32 Å². The molecule has 2 aromatic rings. The summed E-state index contributed by atoms with van der Waals surface area (Å²) in [5.74, 6) is -0.197. The van der Waals surface area contributed by atoms with E-state index in [0.29, 0.717) is 10.2 Å². The second-order valence-corrected chi connectivity index (χ2v) is 4.68. The van der Waals surface area contributed by atoms with E-state index in [1.165, 1.54) is 6.26 Å². The van der Waals surface area contributed by atoms with Crippen LogP contribution in [0.5, 0.6) is 0 Å². The molecule has 5 heteroatoms. The predicted molar refractivity (Wildman–Crippen MR) is 73.4 cm³/mol. The normalized spacial score (nSPS) is 10.2. The molecule has 3 nitrogen and oxygen atoms in total. The van der Waals surface area contributed by atoms with Gasteiger partial charge in [-0.3, -0.25) is 4.79 Å². The molecule has 0 aliphatic rings. The maximum atomic E-state index is 11.9. The number of benzene rings is 1. The topological polar surface area (TPSA) is 42.2 Å². The molecular weight excluding hydrogens is 350 g/mol. The van der Waals surface area contributed by atoms with E-state index >= 15 is 0 Å². The van der Waals surface area contributed by atoms with E-state index in [-0.39, 0.29) is 5.91 Å². The standard InChI is InChI=1S/C12H9Br2NO2/c13-7-8-2-1-3-9(6-8)15-12(16)10-4-5-17-11(10)14/h1-6H,7H2,(H,15,16). The number of amides is 1. The highest BCUT2D eigenvalue weighted by Crippen LogP contribution is 2.20. The fourth-order valence-corrected chi connectivity index (χ4v) is 2.16. The molecule has 88 valence electrons. The van der Waals surface area contributed by atoms with Gasteiger partial charge in [-0.25, -0.2) is 0 Å². The van der Waals surface area contributed by atoms with Crippen molar-refractivity contribution in [3.8, 4) is 0 Å². The Morgan fingerprint density at radius 2 is 2.18 bits per heavy atom. The van der Waals surface area contributed by atoms with Crippen molar-refractivity contribution in [2.75, 3.05) is 5.32 Å². The quantitative estimate of drug-likeness (QED) is 0.836. The van der Waals surface area contributed by atoms with Gasteiger partial charge in [0.25, 0.3) is 5.91 Å². The van der Waals surface area contributed by atoms with Gasteiger partial charge >= 0.3 is 0 Å². The van der Waals surface area contributed by atoms with Crippen LogP contribution in [0.15, 0.2) is 45.7 Å². The molecule has 0 saturated carbocycles. The largest absolute Gasteiger partial charge is 0.457 e. The number of alkyl halides is 1. The van der Waals surface area contributed by atoms with Crippen molar-refractivity contribution in [3.05, 3.63) is 52.4 Å². The van der Waals surface area contributed by atoms with Gasteiger partial charge in [-0.1, -0.05) is 28.1 Å². The highest BCUT2D eigenvalue weighted by molar-refractivity contribution is 9.10. The lowest BCUT2D eigenvalue weighted by Gasteiger charge is -2.05. The summed E-state index contributed by atoms with van der Waals surface area (Å²) >= 11 is 6.55. The van der Waals surface area contributed by atoms with E-state index in [1.807, 2.05) is 24.3 Å². The van der Waals surface area contributed by atoms with Gasteiger partial charge in [0.05, 0.1) is 11.8 Å². The minimum atomic E-state index is -0.197. The van der Waals surface area contributed by atoms with Crippen molar-refractivity contribution in [2.24, 2.45) is 0 Å².